The third kappa shape index (κ3) is 4.54. The van der Waals surface area contributed by atoms with Crippen LogP contribution in [-0.4, -0.2) is 38.8 Å². The van der Waals surface area contributed by atoms with Gasteiger partial charge < -0.3 is 10.1 Å². The molecule has 1 N–H and O–H groups in total. The van der Waals surface area contributed by atoms with Crippen LogP contribution in [0.5, 0.6) is 5.75 Å². The van der Waals surface area contributed by atoms with Gasteiger partial charge in [0.05, 0.1) is 17.9 Å². The Labute approximate surface area is 166 Å². The van der Waals surface area contributed by atoms with Gasteiger partial charge in [-0.25, -0.2) is 8.42 Å². The van der Waals surface area contributed by atoms with Crippen LogP contribution in [0, 0.1) is 12.8 Å². The van der Waals surface area contributed by atoms with Crippen molar-refractivity contribution in [1.29, 1.82) is 0 Å². The van der Waals surface area contributed by atoms with Crippen LogP contribution in [0.25, 0.3) is 0 Å². The molecule has 0 radical (unpaired) electrons. The summed E-state index contributed by atoms with van der Waals surface area (Å²) in [7, 11) is -2.09. The van der Waals surface area contributed by atoms with Gasteiger partial charge in [0.25, 0.3) is 0 Å². The zero-order chi connectivity index (χ0) is 20.1. The summed E-state index contributed by atoms with van der Waals surface area (Å²) in [6.07, 6.45) is 1.35. The lowest BCUT2D eigenvalue weighted by Crippen LogP contribution is -2.45. The number of nitrogens with one attached hydrogen (secondary N) is 1. The SMILES string of the molecule is COc1ccc(S(=O)(=O)N2CCC[C@@H](C(=O)NCc3ccccc3C)C2)cc1. The van der Waals surface area contributed by atoms with Crippen LogP contribution in [0.3, 0.4) is 0 Å². The Morgan fingerprint density at radius 3 is 2.57 bits per heavy atom. The van der Waals surface area contributed by atoms with E-state index in [1.165, 1.54) is 23.5 Å². The van der Waals surface area contributed by atoms with Gasteiger partial charge in [0.15, 0.2) is 0 Å². The maximum atomic E-state index is 12.9. The van der Waals surface area contributed by atoms with Crippen LogP contribution in [0.4, 0.5) is 0 Å². The molecule has 1 amide bonds. The average molecular weight is 403 g/mol. The van der Waals surface area contributed by atoms with Crippen molar-refractivity contribution in [1.82, 2.24) is 9.62 Å². The van der Waals surface area contributed by atoms with E-state index in [2.05, 4.69) is 5.32 Å². The maximum absolute atomic E-state index is 12.9. The third-order valence-corrected chi connectivity index (χ3v) is 7.05. The Morgan fingerprint density at radius 1 is 1.18 bits per heavy atom. The topological polar surface area (TPSA) is 75.7 Å². The molecule has 2 aromatic rings. The van der Waals surface area contributed by atoms with Crippen molar-refractivity contribution < 1.29 is 17.9 Å². The van der Waals surface area contributed by atoms with Crippen molar-refractivity contribution in [3.63, 3.8) is 0 Å². The Bertz CT molecular complexity index is 926. The van der Waals surface area contributed by atoms with E-state index >= 15 is 0 Å². The summed E-state index contributed by atoms with van der Waals surface area (Å²) in [5.41, 5.74) is 2.18. The number of ether oxygens (including phenoxy) is 1. The number of hydrogen-bond donors (Lipinski definition) is 1. The Balaban J connectivity index is 1.65. The molecule has 1 saturated heterocycles. The van der Waals surface area contributed by atoms with Crippen LogP contribution < -0.4 is 10.1 Å². The zero-order valence-corrected chi connectivity index (χ0v) is 17.0. The summed E-state index contributed by atoms with van der Waals surface area (Å²) in [5, 5.41) is 2.96. The molecule has 28 heavy (non-hydrogen) atoms. The summed E-state index contributed by atoms with van der Waals surface area (Å²) in [6.45, 7) is 3.09. The van der Waals surface area contributed by atoms with Gasteiger partial charge in [0, 0.05) is 19.6 Å². The largest absolute Gasteiger partial charge is 0.497 e. The van der Waals surface area contributed by atoms with Crippen LogP contribution in [0.2, 0.25) is 0 Å². The molecule has 0 spiro atoms. The van der Waals surface area contributed by atoms with Crippen LogP contribution >= 0.6 is 0 Å². The molecule has 0 aromatic heterocycles. The second kappa shape index (κ2) is 8.75. The van der Waals surface area contributed by atoms with E-state index in [0.717, 1.165) is 11.1 Å². The normalized spacial score (nSPS) is 17.9. The number of carbonyl (C=O) groups excluding carboxylic acids is 1. The van der Waals surface area contributed by atoms with Gasteiger partial charge in [-0.1, -0.05) is 24.3 Å². The van der Waals surface area contributed by atoms with Crippen LogP contribution in [0.15, 0.2) is 53.4 Å². The van der Waals surface area contributed by atoms with E-state index in [1.54, 1.807) is 12.1 Å². The second-order valence-electron chi connectivity index (χ2n) is 7.02. The van der Waals surface area contributed by atoms with Crippen molar-refractivity contribution in [2.45, 2.75) is 31.2 Å². The van der Waals surface area contributed by atoms with Crippen molar-refractivity contribution in [3.05, 3.63) is 59.7 Å². The van der Waals surface area contributed by atoms with E-state index in [1.807, 2.05) is 31.2 Å². The molecule has 1 atom stereocenters. The number of hydrogen-bond acceptors (Lipinski definition) is 4. The molecule has 2 aromatic carbocycles. The minimum atomic E-state index is -3.63. The lowest BCUT2D eigenvalue weighted by Gasteiger charge is -2.31. The monoisotopic (exact) mass is 402 g/mol. The average Bonchev–Trinajstić information content (AvgIpc) is 2.73. The molecule has 0 bridgehead atoms. The number of carbonyl (C=O) groups is 1. The highest BCUT2D eigenvalue weighted by molar-refractivity contribution is 7.89. The Kier molecular flexibility index (Phi) is 6.36. The molecule has 0 saturated carbocycles. The highest BCUT2D eigenvalue weighted by atomic mass is 32.2. The summed E-state index contributed by atoms with van der Waals surface area (Å²) in [5.74, 6) is 0.162. The van der Waals surface area contributed by atoms with E-state index in [9.17, 15) is 13.2 Å². The lowest BCUT2D eigenvalue weighted by atomic mass is 9.98. The molecule has 1 fully saturated rings. The summed E-state index contributed by atoms with van der Waals surface area (Å²) < 4.78 is 32.4. The van der Waals surface area contributed by atoms with Crippen molar-refractivity contribution in [2.24, 2.45) is 5.92 Å². The number of methoxy groups -OCH3 is 1. The maximum Gasteiger partial charge on any atom is 0.243 e. The minimum Gasteiger partial charge on any atom is -0.497 e. The smallest absolute Gasteiger partial charge is 0.243 e. The van der Waals surface area contributed by atoms with E-state index in [0.29, 0.717) is 31.7 Å². The van der Waals surface area contributed by atoms with Gasteiger partial charge in [0.2, 0.25) is 15.9 Å². The lowest BCUT2D eigenvalue weighted by molar-refractivity contribution is -0.126. The zero-order valence-electron chi connectivity index (χ0n) is 16.2. The fourth-order valence-electron chi connectivity index (χ4n) is 3.41. The number of amides is 1. The molecule has 150 valence electrons. The molecule has 1 aliphatic heterocycles. The molecule has 7 heteroatoms. The first-order chi connectivity index (χ1) is 13.4. The van der Waals surface area contributed by atoms with Gasteiger partial charge in [-0.15, -0.1) is 0 Å². The van der Waals surface area contributed by atoms with Gasteiger partial charge in [-0.05, 0) is 55.2 Å². The van der Waals surface area contributed by atoms with Gasteiger partial charge >= 0.3 is 0 Å². The standard InChI is InChI=1S/C21H26N2O4S/c1-16-6-3-4-7-17(16)14-22-21(24)18-8-5-13-23(15-18)28(25,26)20-11-9-19(27-2)10-12-20/h3-4,6-7,9-12,18H,5,8,13-15H2,1-2H3,(H,22,24)/t18-/m1/s1. The van der Waals surface area contributed by atoms with Crippen molar-refractivity contribution in [2.75, 3.05) is 20.2 Å². The minimum absolute atomic E-state index is 0.0992. The van der Waals surface area contributed by atoms with Crippen LogP contribution in [0.1, 0.15) is 24.0 Å². The fourth-order valence-corrected chi connectivity index (χ4v) is 4.93. The molecule has 1 heterocycles. The fraction of sp³-hybridized carbons (Fsp3) is 0.381. The molecule has 0 aliphatic carbocycles. The number of benzene rings is 2. The Morgan fingerprint density at radius 2 is 1.89 bits per heavy atom. The molecular formula is C21H26N2O4S. The van der Waals surface area contributed by atoms with Crippen LogP contribution in [-0.2, 0) is 21.4 Å². The molecule has 1 aliphatic rings. The number of sulfonamides is 1. The molecule has 6 nitrogen and oxygen atoms in total. The third-order valence-electron chi connectivity index (χ3n) is 5.17. The predicted octanol–water partition coefficient (Wildman–Crippen LogP) is 2.72. The number of aryl methyl sites for hydroxylation is 1. The molecule has 0 unspecified atom stereocenters. The first-order valence-electron chi connectivity index (χ1n) is 9.38. The van der Waals surface area contributed by atoms with Gasteiger partial charge in [-0.2, -0.15) is 4.31 Å². The highest BCUT2D eigenvalue weighted by Gasteiger charge is 2.33. The summed E-state index contributed by atoms with van der Waals surface area (Å²) in [4.78, 5) is 12.8. The van der Waals surface area contributed by atoms with E-state index in [-0.39, 0.29) is 23.3 Å². The van der Waals surface area contributed by atoms with E-state index in [4.69, 9.17) is 4.74 Å². The highest BCUT2D eigenvalue weighted by Crippen LogP contribution is 2.25. The molecular weight excluding hydrogens is 376 g/mol. The van der Waals surface area contributed by atoms with Crippen molar-refractivity contribution >= 4 is 15.9 Å². The first kappa shape index (κ1) is 20.4. The second-order valence-corrected chi connectivity index (χ2v) is 8.96. The summed E-state index contributed by atoms with van der Waals surface area (Å²) in [6, 6.07) is 14.2. The number of rotatable bonds is 6. The van der Waals surface area contributed by atoms with Gasteiger partial charge in [0.1, 0.15) is 5.75 Å². The van der Waals surface area contributed by atoms with Gasteiger partial charge in [-0.3, -0.25) is 4.79 Å². The summed E-state index contributed by atoms with van der Waals surface area (Å²) >= 11 is 0. The predicted molar refractivity (Wildman–Crippen MR) is 108 cm³/mol. The van der Waals surface area contributed by atoms with E-state index < -0.39 is 10.0 Å². The quantitative estimate of drug-likeness (QED) is 0.806. The Hall–Kier alpha value is -2.38. The molecule has 3 rings (SSSR count). The number of nitrogens with zero attached hydrogens (tertiary/aromatic N) is 1. The van der Waals surface area contributed by atoms with Crippen molar-refractivity contribution in [3.8, 4) is 5.75 Å². The first-order valence-corrected chi connectivity index (χ1v) is 10.8. The number of piperidine rings is 1.